The van der Waals surface area contributed by atoms with Crippen LogP contribution in [0.5, 0.6) is 0 Å². The summed E-state index contributed by atoms with van der Waals surface area (Å²) in [6.07, 6.45) is 0.242. The van der Waals surface area contributed by atoms with Crippen molar-refractivity contribution >= 4 is 11.5 Å². The first kappa shape index (κ1) is 11.5. The number of aliphatic carboxylic acids is 1. The summed E-state index contributed by atoms with van der Waals surface area (Å²) in [5, 5.41) is 8.87. The number of carbonyl (C=O) groups is 1. The van der Waals surface area contributed by atoms with Crippen molar-refractivity contribution in [1.82, 2.24) is 0 Å². The molecule has 0 fully saturated rings. The van der Waals surface area contributed by atoms with Crippen molar-refractivity contribution in [3.8, 4) is 0 Å². The van der Waals surface area contributed by atoms with E-state index >= 15 is 0 Å². The normalized spacial score (nSPS) is 14.3. The minimum Gasteiger partial charge on any atom is -0.480 e. The summed E-state index contributed by atoms with van der Waals surface area (Å²) in [5.74, 6) is -1.01. The zero-order chi connectivity index (χ0) is 11.5. The molecule has 1 aromatic carbocycles. The SMILES string of the molecule is C=C(C[C@](C)(N)C(=O)O)c1ccccc1. The molecule has 3 nitrogen and oxygen atoms in total. The number of carboxylic acids is 1. The molecule has 3 N–H and O–H groups in total. The van der Waals surface area contributed by atoms with E-state index in [9.17, 15) is 4.79 Å². The first-order chi connectivity index (χ1) is 6.93. The third kappa shape index (κ3) is 2.92. The summed E-state index contributed by atoms with van der Waals surface area (Å²) in [5.41, 5.74) is 6.05. The Balaban J connectivity index is 2.77. The second-order valence-electron chi connectivity index (χ2n) is 3.87. The van der Waals surface area contributed by atoms with Crippen LogP contribution >= 0.6 is 0 Å². The molecule has 80 valence electrons. The fourth-order valence-electron chi connectivity index (χ4n) is 1.29. The van der Waals surface area contributed by atoms with Crippen molar-refractivity contribution in [2.45, 2.75) is 18.9 Å². The Morgan fingerprint density at radius 3 is 2.47 bits per heavy atom. The van der Waals surface area contributed by atoms with Crippen molar-refractivity contribution in [1.29, 1.82) is 0 Å². The Hall–Kier alpha value is -1.61. The molecule has 0 unspecified atom stereocenters. The molecule has 0 bridgehead atoms. The quantitative estimate of drug-likeness (QED) is 0.789. The number of carboxylic acid groups (broad SMARTS) is 1. The zero-order valence-electron chi connectivity index (χ0n) is 8.73. The van der Waals surface area contributed by atoms with Gasteiger partial charge in [0.1, 0.15) is 5.54 Å². The Labute approximate surface area is 89.2 Å². The van der Waals surface area contributed by atoms with Crippen LogP contribution in [0.3, 0.4) is 0 Å². The van der Waals surface area contributed by atoms with Gasteiger partial charge in [0.05, 0.1) is 0 Å². The van der Waals surface area contributed by atoms with E-state index in [1.165, 1.54) is 6.92 Å². The van der Waals surface area contributed by atoms with E-state index in [-0.39, 0.29) is 6.42 Å². The lowest BCUT2D eigenvalue weighted by Gasteiger charge is -2.20. The standard InChI is InChI=1S/C12H15NO2/c1-9(8-12(2,13)11(14)15)10-6-4-3-5-7-10/h3-7H,1,8,13H2,2H3,(H,14,15)/t12-/m0/s1. The number of nitrogens with two attached hydrogens (primary N) is 1. The Morgan fingerprint density at radius 1 is 1.47 bits per heavy atom. The van der Waals surface area contributed by atoms with Gasteiger partial charge in [0.25, 0.3) is 0 Å². The van der Waals surface area contributed by atoms with Crippen molar-refractivity contribution < 1.29 is 9.90 Å². The van der Waals surface area contributed by atoms with Crippen LogP contribution in [0.4, 0.5) is 0 Å². The van der Waals surface area contributed by atoms with Gasteiger partial charge in [0, 0.05) is 6.42 Å². The van der Waals surface area contributed by atoms with E-state index in [1.54, 1.807) is 0 Å². The van der Waals surface area contributed by atoms with Gasteiger partial charge in [-0.25, -0.2) is 0 Å². The summed E-state index contributed by atoms with van der Waals surface area (Å²) in [7, 11) is 0. The number of benzene rings is 1. The lowest BCUT2D eigenvalue weighted by molar-refractivity contribution is -0.142. The largest absolute Gasteiger partial charge is 0.480 e. The summed E-state index contributed by atoms with van der Waals surface area (Å²) < 4.78 is 0. The molecule has 0 heterocycles. The molecule has 1 rings (SSSR count). The average Bonchev–Trinajstić information content (AvgIpc) is 2.18. The van der Waals surface area contributed by atoms with Crippen LogP contribution in [0.2, 0.25) is 0 Å². The second-order valence-corrected chi connectivity index (χ2v) is 3.87. The van der Waals surface area contributed by atoms with Gasteiger partial charge in [-0.1, -0.05) is 36.9 Å². The molecule has 0 aliphatic rings. The molecule has 0 amide bonds. The molecular formula is C12H15NO2. The van der Waals surface area contributed by atoms with E-state index in [2.05, 4.69) is 6.58 Å². The Bertz CT molecular complexity index is 368. The van der Waals surface area contributed by atoms with Gasteiger partial charge in [0.15, 0.2) is 0 Å². The number of hydrogen-bond donors (Lipinski definition) is 2. The maximum absolute atomic E-state index is 10.8. The van der Waals surface area contributed by atoms with Gasteiger partial charge in [-0.2, -0.15) is 0 Å². The zero-order valence-corrected chi connectivity index (χ0v) is 8.73. The van der Waals surface area contributed by atoms with E-state index in [1.807, 2.05) is 30.3 Å². The van der Waals surface area contributed by atoms with Crippen molar-refractivity contribution in [2.24, 2.45) is 5.73 Å². The van der Waals surface area contributed by atoms with E-state index in [0.29, 0.717) is 0 Å². The summed E-state index contributed by atoms with van der Waals surface area (Å²) in [6.45, 7) is 5.34. The van der Waals surface area contributed by atoms with Gasteiger partial charge >= 0.3 is 5.97 Å². The van der Waals surface area contributed by atoms with E-state index in [4.69, 9.17) is 10.8 Å². The Kier molecular flexibility index (Phi) is 3.27. The van der Waals surface area contributed by atoms with Gasteiger partial charge in [0.2, 0.25) is 0 Å². The van der Waals surface area contributed by atoms with Gasteiger partial charge in [-0.3, -0.25) is 4.79 Å². The van der Waals surface area contributed by atoms with Crippen molar-refractivity contribution in [3.63, 3.8) is 0 Å². The Morgan fingerprint density at radius 2 is 2.00 bits per heavy atom. The van der Waals surface area contributed by atoms with Gasteiger partial charge in [-0.05, 0) is 18.1 Å². The van der Waals surface area contributed by atoms with E-state index < -0.39 is 11.5 Å². The summed E-state index contributed by atoms with van der Waals surface area (Å²) in [4.78, 5) is 10.8. The van der Waals surface area contributed by atoms with Crippen LogP contribution in [0.1, 0.15) is 18.9 Å². The van der Waals surface area contributed by atoms with Crippen LogP contribution < -0.4 is 5.73 Å². The minimum atomic E-state index is -1.26. The molecule has 0 saturated carbocycles. The minimum absolute atomic E-state index is 0.242. The van der Waals surface area contributed by atoms with E-state index in [0.717, 1.165) is 11.1 Å². The molecular weight excluding hydrogens is 190 g/mol. The van der Waals surface area contributed by atoms with Crippen LogP contribution in [-0.4, -0.2) is 16.6 Å². The first-order valence-electron chi connectivity index (χ1n) is 4.69. The fraction of sp³-hybridized carbons (Fsp3) is 0.250. The molecule has 0 spiro atoms. The average molecular weight is 205 g/mol. The molecule has 0 aliphatic heterocycles. The predicted octanol–water partition coefficient (Wildman–Crippen LogP) is 1.89. The predicted molar refractivity (Wildman–Crippen MR) is 60.3 cm³/mol. The smallest absolute Gasteiger partial charge is 0.323 e. The maximum Gasteiger partial charge on any atom is 0.323 e. The highest BCUT2D eigenvalue weighted by atomic mass is 16.4. The third-order valence-electron chi connectivity index (χ3n) is 2.25. The highest BCUT2D eigenvalue weighted by Gasteiger charge is 2.28. The maximum atomic E-state index is 10.8. The topological polar surface area (TPSA) is 63.3 Å². The van der Waals surface area contributed by atoms with Crippen LogP contribution in [0.15, 0.2) is 36.9 Å². The molecule has 15 heavy (non-hydrogen) atoms. The van der Waals surface area contributed by atoms with Crippen molar-refractivity contribution in [2.75, 3.05) is 0 Å². The molecule has 1 aromatic rings. The molecule has 0 aromatic heterocycles. The lowest BCUT2D eigenvalue weighted by atomic mass is 9.91. The van der Waals surface area contributed by atoms with Crippen LogP contribution in [0, 0.1) is 0 Å². The molecule has 0 aliphatic carbocycles. The first-order valence-corrected chi connectivity index (χ1v) is 4.69. The van der Waals surface area contributed by atoms with Gasteiger partial charge in [-0.15, -0.1) is 0 Å². The van der Waals surface area contributed by atoms with Crippen LogP contribution in [0.25, 0.3) is 5.57 Å². The monoisotopic (exact) mass is 205 g/mol. The number of hydrogen-bond acceptors (Lipinski definition) is 2. The second kappa shape index (κ2) is 4.28. The molecule has 1 atom stereocenters. The highest BCUT2D eigenvalue weighted by molar-refractivity contribution is 5.81. The number of rotatable bonds is 4. The van der Waals surface area contributed by atoms with Crippen molar-refractivity contribution in [3.05, 3.63) is 42.5 Å². The van der Waals surface area contributed by atoms with Crippen LogP contribution in [-0.2, 0) is 4.79 Å². The lowest BCUT2D eigenvalue weighted by Crippen LogP contribution is -2.44. The highest BCUT2D eigenvalue weighted by Crippen LogP contribution is 2.21. The fourth-order valence-corrected chi connectivity index (χ4v) is 1.29. The van der Waals surface area contributed by atoms with Gasteiger partial charge < -0.3 is 10.8 Å². The molecule has 0 saturated heterocycles. The molecule has 0 radical (unpaired) electrons. The molecule has 3 heteroatoms. The third-order valence-corrected chi connectivity index (χ3v) is 2.25. The summed E-state index contributed by atoms with van der Waals surface area (Å²) in [6, 6.07) is 9.44. The summed E-state index contributed by atoms with van der Waals surface area (Å²) >= 11 is 0.